The first-order valence-corrected chi connectivity index (χ1v) is 7.29. The van der Waals surface area contributed by atoms with Crippen LogP contribution in [-0.4, -0.2) is 21.0 Å². The Morgan fingerprint density at radius 1 is 1.25 bits per heavy atom. The van der Waals surface area contributed by atoms with Crippen molar-refractivity contribution in [3.05, 3.63) is 52.5 Å². The summed E-state index contributed by atoms with van der Waals surface area (Å²) in [5.74, 6) is 0. The van der Waals surface area contributed by atoms with Crippen molar-refractivity contribution in [2.75, 3.05) is 0 Å². The molecule has 0 amide bonds. The van der Waals surface area contributed by atoms with Crippen LogP contribution < -0.4 is 5.73 Å². The second-order valence-electron chi connectivity index (χ2n) is 4.96. The summed E-state index contributed by atoms with van der Waals surface area (Å²) >= 11 is 3.61. The highest BCUT2D eigenvalue weighted by Crippen LogP contribution is 2.25. The van der Waals surface area contributed by atoms with E-state index in [4.69, 9.17) is 5.73 Å². The van der Waals surface area contributed by atoms with E-state index in [9.17, 15) is 0 Å². The van der Waals surface area contributed by atoms with E-state index >= 15 is 0 Å². The van der Waals surface area contributed by atoms with Gasteiger partial charge in [-0.05, 0) is 59.1 Å². The summed E-state index contributed by atoms with van der Waals surface area (Å²) in [7, 11) is 0. The molecule has 102 valence electrons. The molecule has 0 aliphatic carbocycles. The topological polar surface area (TPSA) is 56.7 Å². The predicted octanol–water partition coefficient (Wildman–Crippen LogP) is 3.07. The zero-order valence-corrected chi connectivity index (χ0v) is 12.7. The molecule has 0 fully saturated rings. The average Bonchev–Trinajstić information content (AvgIpc) is 2.82. The number of halogens is 1. The second-order valence-corrected chi connectivity index (χ2v) is 5.81. The van der Waals surface area contributed by atoms with Crippen LogP contribution in [0.2, 0.25) is 0 Å². The first-order chi connectivity index (χ1) is 9.65. The van der Waals surface area contributed by atoms with E-state index in [0.717, 1.165) is 27.6 Å². The fraction of sp³-hybridized carbons (Fsp3) is 0.200. The van der Waals surface area contributed by atoms with Gasteiger partial charge in [0.15, 0.2) is 0 Å². The number of benzene rings is 2. The lowest BCUT2D eigenvalue weighted by Gasteiger charge is -2.09. The number of hydrogen-bond acceptors (Lipinski definition) is 3. The minimum Gasteiger partial charge on any atom is -0.328 e. The Morgan fingerprint density at radius 3 is 2.80 bits per heavy atom. The molecular formula is C15H15BrN4. The number of hydrogen-bond donors (Lipinski definition) is 1. The van der Waals surface area contributed by atoms with E-state index in [0.29, 0.717) is 0 Å². The van der Waals surface area contributed by atoms with Gasteiger partial charge in [-0.15, -0.1) is 5.10 Å². The SMILES string of the molecule is CC(N)Cc1ccc(-n2nnc3ccccc32)c(Br)c1. The lowest BCUT2D eigenvalue weighted by molar-refractivity contribution is 0.737. The standard InChI is InChI=1S/C15H15BrN4/c1-10(17)8-11-6-7-14(12(16)9-11)20-15-5-3-2-4-13(15)18-19-20/h2-7,9-10H,8,17H2,1H3. The minimum absolute atomic E-state index is 0.153. The van der Waals surface area contributed by atoms with Crippen LogP contribution in [0.15, 0.2) is 46.9 Å². The number of nitrogens with two attached hydrogens (primary N) is 1. The van der Waals surface area contributed by atoms with Gasteiger partial charge in [-0.3, -0.25) is 0 Å². The van der Waals surface area contributed by atoms with Crippen LogP contribution in [0.1, 0.15) is 12.5 Å². The van der Waals surface area contributed by atoms with Gasteiger partial charge in [0, 0.05) is 10.5 Å². The van der Waals surface area contributed by atoms with Crippen LogP contribution in [0.4, 0.5) is 0 Å². The second kappa shape index (κ2) is 5.34. The lowest BCUT2D eigenvalue weighted by atomic mass is 10.1. The average molecular weight is 331 g/mol. The summed E-state index contributed by atoms with van der Waals surface area (Å²) in [5, 5.41) is 8.41. The summed E-state index contributed by atoms with van der Waals surface area (Å²) in [6, 6.07) is 14.3. The molecule has 0 aliphatic rings. The molecule has 0 bridgehead atoms. The Labute approximate surface area is 125 Å². The molecule has 3 aromatic rings. The van der Waals surface area contributed by atoms with E-state index in [2.05, 4.69) is 38.4 Å². The maximum Gasteiger partial charge on any atom is 0.113 e. The van der Waals surface area contributed by atoms with Crippen LogP contribution in [0, 0.1) is 0 Å². The van der Waals surface area contributed by atoms with Crippen molar-refractivity contribution in [2.24, 2.45) is 5.73 Å². The van der Waals surface area contributed by atoms with Gasteiger partial charge >= 0.3 is 0 Å². The predicted molar refractivity (Wildman–Crippen MR) is 83.9 cm³/mol. The Bertz CT molecular complexity index is 748. The Kier molecular flexibility index (Phi) is 3.54. The fourth-order valence-corrected chi connectivity index (χ4v) is 2.86. The third-order valence-corrected chi connectivity index (χ3v) is 3.78. The Morgan fingerprint density at radius 2 is 2.05 bits per heavy atom. The molecule has 4 nitrogen and oxygen atoms in total. The van der Waals surface area contributed by atoms with Crippen LogP contribution >= 0.6 is 15.9 Å². The third kappa shape index (κ3) is 2.46. The highest BCUT2D eigenvalue weighted by atomic mass is 79.9. The fourth-order valence-electron chi connectivity index (χ4n) is 2.27. The highest BCUT2D eigenvalue weighted by molar-refractivity contribution is 9.10. The van der Waals surface area contributed by atoms with Crippen molar-refractivity contribution in [3.8, 4) is 5.69 Å². The van der Waals surface area contributed by atoms with Gasteiger partial charge in [-0.25, -0.2) is 4.68 Å². The van der Waals surface area contributed by atoms with Gasteiger partial charge in [0.1, 0.15) is 5.52 Å². The van der Waals surface area contributed by atoms with Gasteiger partial charge in [0.2, 0.25) is 0 Å². The van der Waals surface area contributed by atoms with Crippen LogP contribution in [-0.2, 0) is 6.42 Å². The first-order valence-electron chi connectivity index (χ1n) is 6.50. The molecule has 0 saturated heterocycles. The maximum atomic E-state index is 5.84. The summed E-state index contributed by atoms with van der Waals surface area (Å²) < 4.78 is 2.83. The van der Waals surface area contributed by atoms with Gasteiger partial charge in [-0.2, -0.15) is 0 Å². The van der Waals surface area contributed by atoms with Crippen molar-refractivity contribution >= 4 is 27.0 Å². The lowest BCUT2D eigenvalue weighted by Crippen LogP contribution is -2.17. The minimum atomic E-state index is 0.153. The molecular weight excluding hydrogens is 316 g/mol. The molecule has 0 spiro atoms. The highest BCUT2D eigenvalue weighted by Gasteiger charge is 2.10. The van der Waals surface area contributed by atoms with Crippen molar-refractivity contribution < 1.29 is 0 Å². The quantitative estimate of drug-likeness (QED) is 0.802. The summed E-state index contributed by atoms with van der Waals surface area (Å²) in [5.41, 5.74) is 9.91. The van der Waals surface area contributed by atoms with E-state index in [1.807, 2.05) is 41.9 Å². The van der Waals surface area contributed by atoms with Gasteiger partial charge in [0.05, 0.1) is 11.2 Å². The van der Waals surface area contributed by atoms with Crippen LogP contribution in [0.5, 0.6) is 0 Å². The van der Waals surface area contributed by atoms with Crippen LogP contribution in [0.3, 0.4) is 0 Å². The monoisotopic (exact) mass is 330 g/mol. The van der Waals surface area contributed by atoms with E-state index in [1.165, 1.54) is 5.56 Å². The smallest absolute Gasteiger partial charge is 0.113 e. The van der Waals surface area contributed by atoms with Gasteiger partial charge < -0.3 is 5.73 Å². The zero-order valence-electron chi connectivity index (χ0n) is 11.1. The van der Waals surface area contributed by atoms with E-state index < -0.39 is 0 Å². The number of rotatable bonds is 3. The Balaban J connectivity index is 2.06. The zero-order chi connectivity index (χ0) is 14.1. The molecule has 0 saturated carbocycles. The number of fused-ring (bicyclic) bond motifs is 1. The van der Waals surface area contributed by atoms with Crippen molar-refractivity contribution in [1.29, 1.82) is 0 Å². The maximum absolute atomic E-state index is 5.84. The molecule has 0 radical (unpaired) electrons. The molecule has 2 aromatic carbocycles. The molecule has 0 aliphatic heterocycles. The van der Waals surface area contributed by atoms with Crippen LogP contribution in [0.25, 0.3) is 16.7 Å². The molecule has 2 N–H and O–H groups in total. The Hall–Kier alpha value is -1.72. The molecule has 3 rings (SSSR count). The van der Waals surface area contributed by atoms with E-state index in [-0.39, 0.29) is 6.04 Å². The third-order valence-electron chi connectivity index (χ3n) is 3.15. The van der Waals surface area contributed by atoms with Crippen molar-refractivity contribution in [1.82, 2.24) is 15.0 Å². The van der Waals surface area contributed by atoms with Crippen molar-refractivity contribution in [3.63, 3.8) is 0 Å². The van der Waals surface area contributed by atoms with Gasteiger partial charge in [-0.1, -0.05) is 23.4 Å². The number of aromatic nitrogens is 3. The molecule has 1 unspecified atom stereocenters. The molecule has 5 heteroatoms. The summed E-state index contributed by atoms with van der Waals surface area (Å²) in [6.07, 6.45) is 0.858. The number of para-hydroxylation sites is 1. The summed E-state index contributed by atoms with van der Waals surface area (Å²) in [4.78, 5) is 0. The molecule has 20 heavy (non-hydrogen) atoms. The molecule has 1 atom stereocenters. The summed E-state index contributed by atoms with van der Waals surface area (Å²) in [6.45, 7) is 2.01. The van der Waals surface area contributed by atoms with Gasteiger partial charge in [0.25, 0.3) is 0 Å². The largest absolute Gasteiger partial charge is 0.328 e. The molecule has 1 heterocycles. The molecule has 1 aromatic heterocycles. The van der Waals surface area contributed by atoms with E-state index in [1.54, 1.807) is 0 Å². The van der Waals surface area contributed by atoms with Crippen molar-refractivity contribution in [2.45, 2.75) is 19.4 Å². The first kappa shape index (κ1) is 13.3. The number of nitrogens with zero attached hydrogens (tertiary/aromatic N) is 3. The normalized spacial score (nSPS) is 12.8.